The highest BCUT2D eigenvalue weighted by molar-refractivity contribution is 5.96. The lowest BCUT2D eigenvalue weighted by molar-refractivity contribution is -0.139. The van der Waals surface area contributed by atoms with Crippen LogP contribution in [-0.4, -0.2) is 69.6 Å². The van der Waals surface area contributed by atoms with E-state index in [1.54, 1.807) is 0 Å². The Kier molecular flexibility index (Phi) is 7.24. The molecule has 1 aliphatic heterocycles. The number of nitrogens with two attached hydrogens (primary N) is 1. The summed E-state index contributed by atoms with van der Waals surface area (Å²) in [6, 6.07) is 3.78. The van der Waals surface area contributed by atoms with Crippen LogP contribution in [0, 0.1) is 5.92 Å². The summed E-state index contributed by atoms with van der Waals surface area (Å²) in [6.07, 6.45) is -6.20. The number of benzene rings is 1. The van der Waals surface area contributed by atoms with Crippen LogP contribution in [0.4, 0.5) is 32.2 Å². The number of halogens is 6. The summed E-state index contributed by atoms with van der Waals surface area (Å²) >= 11 is 0. The Morgan fingerprint density at radius 2 is 1.83 bits per heavy atom. The predicted octanol–water partition coefficient (Wildman–Crippen LogP) is 4.11. The zero-order chi connectivity index (χ0) is 29.7. The van der Waals surface area contributed by atoms with Crippen LogP contribution in [0.15, 0.2) is 30.6 Å². The van der Waals surface area contributed by atoms with Gasteiger partial charge in [-0.1, -0.05) is 0 Å². The first kappa shape index (κ1) is 28.5. The van der Waals surface area contributed by atoms with Crippen molar-refractivity contribution in [3.8, 4) is 17.0 Å². The van der Waals surface area contributed by atoms with Crippen LogP contribution in [0.3, 0.4) is 0 Å². The Morgan fingerprint density at radius 3 is 2.49 bits per heavy atom. The van der Waals surface area contributed by atoms with Crippen molar-refractivity contribution in [2.24, 2.45) is 5.92 Å². The molecule has 2 atom stereocenters. The van der Waals surface area contributed by atoms with Crippen molar-refractivity contribution in [2.45, 2.75) is 50.0 Å². The molecule has 1 saturated carbocycles. The number of hydrogen-bond acceptors (Lipinski definition) is 6. The zero-order valence-corrected chi connectivity index (χ0v) is 21.7. The summed E-state index contributed by atoms with van der Waals surface area (Å²) in [5.74, 6) is -4.88. The van der Waals surface area contributed by atoms with Gasteiger partial charge in [0.15, 0.2) is 5.82 Å². The number of aromatic nitrogens is 3. The molecule has 2 amide bonds. The molecule has 3 aromatic rings. The van der Waals surface area contributed by atoms with Gasteiger partial charge in [-0.25, -0.2) is 22.7 Å². The summed E-state index contributed by atoms with van der Waals surface area (Å²) in [5, 5.41) is 6.44. The molecule has 2 aliphatic rings. The van der Waals surface area contributed by atoms with Gasteiger partial charge in [0.05, 0.1) is 31.0 Å². The summed E-state index contributed by atoms with van der Waals surface area (Å²) < 4.78 is 89.4. The number of alkyl halides is 6. The molecule has 2 aromatic heterocycles. The first-order valence-electron chi connectivity index (χ1n) is 12.8. The van der Waals surface area contributed by atoms with Gasteiger partial charge in [0, 0.05) is 36.4 Å². The monoisotopic (exact) mass is 584 g/mol. The molecule has 1 aromatic carbocycles. The van der Waals surface area contributed by atoms with Crippen molar-refractivity contribution >= 4 is 23.1 Å². The van der Waals surface area contributed by atoms with E-state index in [2.05, 4.69) is 15.4 Å². The second-order valence-corrected chi connectivity index (χ2v) is 10.3. The van der Waals surface area contributed by atoms with Crippen LogP contribution in [0.25, 0.3) is 16.8 Å². The number of rotatable bonds is 5. The third-order valence-corrected chi connectivity index (χ3v) is 7.53. The second-order valence-electron chi connectivity index (χ2n) is 10.3. The molecule has 1 aliphatic carbocycles. The molecule has 220 valence electrons. The summed E-state index contributed by atoms with van der Waals surface area (Å²) in [4.78, 5) is 30.9. The first-order chi connectivity index (χ1) is 19.3. The topological polar surface area (TPSA) is 115 Å². The van der Waals surface area contributed by atoms with E-state index in [-0.39, 0.29) is 48.5 Å². The molecular formula is C26H26F6N6O3. The van der Waals surface area contributed by atoms with Gasteiger partial charge in [-0.2, -0.15) is 18.3 Å². The molecule has 0 bridgehead atoms. The molecule has 3 heterocycles. The number of nitrogens with zero attached hydrogens (tertiary/aromatic N) is 4. The number of methoxy groups -OCH3 is 1. The maximum Gasteiger partial charge on any atom is 0.418 e. The van der Waals surface area contributed by atoms with Gasteiger partial charge in [0.1, 0.15) is 23.8 Å². The molecule has 15 heteroatoms. The lowest BCUT2D eigenvalue weighted by Crippen LogP contribution is -2.42. The van der Waals surface area contributed by atoms with Crippen molar-refractivity contribution < 1.29 is 40.7 Å². The van der Waals surface area contributed by atoms with E-state index < -0.39 is 71.8 Å². The predicted molar refractivity (Wildman–Crippen MR) is 134 cm³/mol. The Bertz CT molecular complexity index is 1480. The molecule has 0 radical (unpaired) electrons. The lowest BCUT2D eigenvalue weighted by Gasteiger charge is -2.30. The quantitative estimate of drug-likeness (QED) is 0.437. The maximum absolute atomic E-state index is 14.9. The van der Waals surface area contributed by atoms with E-state index in [1.807, 2.05) is 0 Å². The van der Waals surface area contributed by atoms with E-state index in [0.717, 1.165) is 16.9 Å². The number of carbonyl (C=O) groups excluding carboxylic acids is 2. The fraction of sp³-hybridized carbons (Fsp3) is 0.462. The molecule has 3 N–H and O–H groups in total. The van der Waals surface area contributed by atoms with Gasteiger partial charge in [-0.15, -0.1) is 0 Å². The van der Waals surface area contributed by atoms with Gasteiger partial charge < -0.3 is 20.7 Å². The van der Waals surface area contributed by atoms with E-state index >= 15 is 0 Å². The highest BCUT2D eigenvalue weighted by Gasteiger charge is 2.43. The minimum absolute atomic E-state index is 0.00391. The van der Waals surface area contributed by atoms with Gasteiger partial charge >= 0.3 is 6.18 Å². The largest absolute Gasteiger partial charge is 0.497 e. The Hall–Kier alpha value is -4.04. The van der Waals surface area contributed by atoms with Crippen LogP contribution >= 0.6 is 0 Å². The molecule has 0 unspecified atom stereocenters. The third-order valence-electron chi connectivity index (χ3n) is 7.53. The third kappa shape index (κ3) is 5.61. The second kappa shape index (κ2) is 10.4. The summed E-state index contributed by atoms with van der Waals surface area (Å²) in [6.45, 7) is -0.443. The average Bonchev–Trinajstić information content (AvgIpc) is 3.49. The number of nitrogen functional groups attached to an aromatic ring is 1. The number of carbonyl (C=O) groups is 2. The molecule has 9 nitrogen and oxygen atoms in total. The van der Waals surface area contributed by atoms with Crippen molar-refractivity contribution in [3.05, 3.63) is 41.7 Å². The smallest absolute Gasteiger partial charge is 0.418 e. The van der Waals surface area contributed by atoms with E-state index in [1.165, 1.54) is 30.2 Å². The van der Waals surface area contributed by atoms with E-state index in [9.17, 15) is 35.9 Å². The normalized spacial score (nSPS) is 21.3. The van der Waals surface area contributed by atoms with Crippen molar-refractivity contribution in [2.75, 3.05) is 25.9 Å². The molecule has 0 spiro atoms. The number of likely N-dealkylation sites (tertiary alicyclic amines) is 1. The van der Waals surface area contributed by atoms with Crippen LogP contribution in [0.2, 0.25) is 0 Å². The van der Waals surface area contributed by atoms with Crippen molar-refractivity contribution in [3.63, 3.8) is 0 Å². The minimum Gasteiger partial charge on any atom is -0.497 e. The standard InChI is InChI=1S/C26H26F6N6O3/c1-41-16-7-14(20-9-17(26(30,31)32)21-22(33)34-12-35-38(20)21)6-15(8-16)23(39)36-19-11-37(10-18(19)27)24(40)13-2-4-25(28,29)5-3-13/h6-9,12-13,18-19H,2-5,10-11H2,1H3,(H,36,39)(H2,33,34,35)/t18-,19+/m0/s1. The van der Waals surface area contributed by atoms with Crippen LogP contribution in [-0.2, 0) is 11.0 Å². The number of fused-ring (bicyclic) bond motifs is 1. The number of amides is 2. The van der Waals surface area contributed by atoms with Crippen LogP contribution in [0.1, 0.15) is 41.6 Å². The Balaban J connectivity index is 1.38. The maximum atomic E-state index is 14.9. The molecule has 2 fully saturated rings. The van der Waals surface area contributed by atoms with Gasteiger partial charge in [0.25, 0.3) is 5.91 Å². The molecule has 41 heavy (non-hydrogen) atoms. The van der Waals surface area contributed by atoms with Gasteiger partial charge in [0.2, 0.25) is 11.8 Å². The highest BCUT2D eigenvalue weighted by Crippen LogP contribution is 2.40. The molecular weight excluding hydrogens is 558 g/mol. The van der Waals surface area contributed by atoms with E-state index in [0.29, 0.717) is 0 Å². The Morgan fingerprint density at radius 1 is 1.12 bits per heavy atom. The average molecular weight is 585 g/mol. The highest BCUT2D eigenvalue weighted by atomic mass is 19.4. The van der Waals surface area contributed by atoms with E-state index in [4.69, 9.17) is 10.5 Å². The zero-order valence-electron chi connectivity index (χ0n) is 21.7. The number of anilines is 1. The first-order valence-corrected chi connectivity index (χ1v) is 12.8. The number of hydrogen-bond donors (Lipinski definition) is 2. The van der Waals surface area contributed by atoms with Crippen molar-refractivity contribution in [1.29, 1.82) is 0 Å². The number of ether oxygens (including phenoxy) is 1. The molecule has 1 saturated heterocycles. The summed E-state index contributed by atoms with van der Waals surface area (Å²) in [5.41, 5.74) is 4.23. The van der Waals surface area contributed by atoms with Gasteiger partial charge in [-0.3, -0.25) is 9.59 Å². The van der Waals surface area contributed by atoms with Crippen LogP contribution in [0.5, 0.6) is 5.75 Å². The number of nitrogens with one attached hydrogen (secondary N) is 1. The van der Waals surface area contributed by atoms with Crippen molar-refractivity contribution in [1.82, 2.24) is 24.8 Å². The minimum atomic E-state index is -4.78. The van der Waals surface area contributed by atoms with Gasteiger partial charge in [-0.05, 0) is 37.1 Å². The SMILES string of the molecule is COc1cc(C(=O)N[C@@H]2CN(C(=O)C3CCC(F)(F)CC3)C[C@@H]2F)cc(-c2cc(C(F)(F)F)c3c(N)ncnn23)c1. The fourth-order valence-electron chi connectivity index (χ4n) is 5.36. The van der Waals surface area contributed by atoms with Crippen LogP contribution < -0.4 is 15.8 Å². The fourth-order valence-corrected chi connectivity index (χ4v) is 5.36. The summed E-state index contributed by atoms with van der Waals surface area (Å²) in [7, 11) is 1.30. The molecule has 5 rings (SSSR count). The lowest BCUT2D eigenvalue weighted by atomic mass is 9.86. The Labute approximate surface area is 229 Å².